The molecule has 0 aliphatic carbocycles. The highest BCUT2D eigenvalue weighted by atomic mass is 32.2. The summed E-state index contributed by atoms with van der Waals surface area (Å²) in [4.78, 5) is 18.2. The molecule has 4 nitrogen and oxygen atoms in total. The SMILES string of the molecule is COC(=O)COc1ccc(S[C@H](Cc2ccccc2)c2sc(-c3ccc(C(F)(F)F)cc3)nc2C)cc1C. The number of halogens is 3. The average Bonchev–Trinajstić information content (AvgIpc) is 3.29. The smallest absolute Gasteiger partial charge is 0.416 e. The van der Waals surface area contributed by atoms with Gasteiger partial charge in [0.1, 0.15) is 10.8 Å². The molecule has 38 heavy (non-hydrogen) atoms. The van der Waals surface area contributed by atoms with Crippen molar-refractivity contribution in [1.29, 1.82) is 0 Å². The summed E-state index contributed by atoms with van der Waals surface area (Å²) < 4.78 is 49.2. The van der Waals surface area contributed by atoms with Crippen molar-refractivity contribution in [3.8, 4) is 16.3 Å². The number of carbonyl (C=O) groups excluding carboxylic acids is 1. The number of carbonyl (C=O) groups is 1. The van der Waals surface area contributed by atoms with Crippen LogP contribution in [0, 0.1) is 13.8 Å². The van der Waals surface area contributed by atoms with Crippen LogP contribution < -0.4 is 4.74 Å². The van der Waals surface area contributed by atoms with Crippen LogP contribution in [0.5, 0.6) is 5.75 Å². The number of ether oxygens (including phenoxy) is 2. The van der Waals surface area contributed by atoms with Gasteiger partial charge in [-0.15, -0.1) is 23.1 Å². The van der Waals surface area contributed by atoms with Gasteiger partial charge in [0.2, 0.25) is 0 Å². The van der Waals surface area contributed by atoms with E-state index in [-0.39, 0.29) is 11.9 Å². The monoisotopic (exact) mass is 557 g/mol. The van der Waals surface area contributed by atoms with Gasteiger partial charge >= 0.3 is 12.1 Å². The maximum atomic E-state index is 13.0. The van der Waals surface area contributed by atoms with Crippen LogP contribution in [-0.4, -0.2) is 24.7 Å². The molecule has 0 spiro atoms. The number of benzene rings is 3. The normalized spacial score (nSPS) is 12.3. The Hall–Kier alpha value is -3.30. The summed E-state index contributed by atoms with van der Waals surface area (Å²) in [5.74, 6) is 0.160. The number of hydrogen-bond acceptors (Lipinski definition) is 6. The molecule has 0 unspecified atom stereocenters. The van der Waals surface area contributed by atoms with E-state index in [2.05, 4.69) is 16.9 Å². The second kappa shape index (κ2) is 12.0. The number of alkyl halides is 3. The largest absolute Gasteiger partial charge is 0.482 e. The summed E-state index contributed by atoms with van der Waals surface area (Å²) >= 11 is 3.20. The zero-order valence-corrected chi connectivity index (χ0v) is 22.7. The van der Waals surface area contributed by atoms with Crippen molar-refractivity contribution in [3.63, 3.8) is 0 Å². The molecular formula is C29H26F3NO3S2. The molecule has 0 fully saturated rings. The Labute approximate surface area is 227 Å². The van der Waals surface area contributed by atoms with Gasteiger partial charge in [-0.1, -0.05) is 42.5 Å². The van der Waals surface area contributed by atoms with Crippen LogP contribution in [0.1, 0.15) is 32.5 Å². The predicted octanol–water partition coefficient (Wildman–Crippen LogP) is 8.07. The third kappa shape index (κ3) is 6.96. The van der Waals surface area contributed by atoms with Gasteiger partial charge in [-0.3, -0.25) is 0 Å². The first-order chi connectivity index (χ1) is 18.1. The number of hydrogen-bond donors (Lipinski definition) is 0. The van der Waals surface area contributed by atoms with Gasteiger partial charge in [0.05, 0.1) is 18.4 Å². The molecule has 0 bridgehead atoms. The summed E-state index contributed by atoms with van der Waals surface area (Å²) in [5.41, 5.74) is 2.89. The second-order valence-electron chi connectivity index (χ2n) is 8.63. The van der Waals surface area contributed by atoms with E-state index in [0.717, 1.165) is 39.6 Å². The molecule has 4 aromatic rings. The number of aromatic nitrogens is 1. The Balaban J connectivity index is 1.61. The molecule has 0 radical (unpaired) electrons. The van der Waals surface area contributed by atoms with Crippen LogP contribution in [0.2, 0.25) is 0 Å². The van der Waals surface area contributed by atoms with Crippen molar-refractivity contribution in [1.82, 2.24) is 4.98 Å². The first-order valence-corrected chi connectivity index (χ1v) is 13.5. The Morgan fingerprint density at radius 2 is 1.74 bits per heavy atom. The van der Waals surface area contributed by atoms with E-state index in [4.69, 9.17) is 9.72 Å². The van der Waals surface area contributed by atoms with Crippen molar-refractivity contribution < 1.29 is 27.4 Å². The second-order valence-corrected chi connectivity index (χ2v) is 10.9. The molecule has 198 valence electrons. The molecule has 1 heterocycles. The fourth-order valence-corrected chi connectivity index (χ4v) is 6.48. The van der Waals surface area contributed by atoms with Gasteiger partial charge < -0.3 is 9.47 Å². The van der Waals surface area contributed by atoms with Crippen LogP contribution in [0.3, 0.4) is 0 Å². The van der Waals surface area contributed by atoms with Crippen LogP contribution in [-0.2, 0) is 22.1 Å². The highest BCUT2D eigenvalue weighted by Crippen LogP contribution is 2.44. The third-order valence-electron chi connectivity index (χ3n) is 5.85. The first-order valence-electron chi connectivity index (χ1n) is 11.8. The van der Waals surface area contributed by atoms with Gasteiger partial charge in [0.15, 0.2) is 6.61 Å². The minimum Gasteiger partial charge on any atom is -0.482 e. The molecule has 0 N–H and O–H groups in total. The summed E-state index contributed by atoms with van der Waals surface area (Å²) in [6.07, 6.45) is -3.63. The number of aryl methyl sites for hydroxylation is 2. The average molecular weight is 558 g/mol. The summed E-state index contributed by atoms with van der Waals surface area (Å²) in [6, 6.07) is 21.1. The molecule has 0 amide bonds. The fraction of sp³-hybridized carbons (Fsp3) is 0.241. The lowest BCUT2D eigenvalue weighted by atomic mass is 10.1. The van der Waals surface area contributed by atoms with E-state index in [1.165, 1.54) is 36.1 Å². The van der Waals surface area contributed by atoms with Crippen LogP contribution in [0.4, 0.5) is 13.2 Å². The lowest BCUT2D eigenvalue weighted by molar-refractivity contribution is -0.143. The van der Waals surface area contributed by atoms with Gasteiger partial charge in [0.25, 0.3) is 0 Å². The van der Waals surface area contributed by atoms with E-state index in [1.54, 1.807) is 11.8 Å². The van der Waals surface area contributed by atoms with E-state index in [1.807, 2.05) is 50.2 Å². The molecule has 0 saturated heterocycles. The molecule has 0 aliphatic rings. The quantitative estimate of drug-likeness (QED) is 0.154. The molecular weight excluding hydrogens is 531 g/mol. The van der Waals surface area contributed by atoms with Crippen LogP contribution in [0.25, 0.3) is 10.6 Å². The number of thiazole rings is 1. The van der Waals surface area contributed by atoms with Gasteiger partial charge in [-0.25, -0.2) is 9.78 Å². The summed E-state index contributed by atoms with van der Waals surface area (Å²) in [6.45, 7) is 3.70. The Morgan fingerprint density at radius 1 is 1.03 bits per heavy atom. The molecule has 1 aromatic heterocycles. The van der Waals surface area contributed by atoms with E-state index in [0.29, 0.717) is 16.3 Å². The number of thioether (sulfide) groups is 1. The highest BCUT2D eigenvalue weighted by Gasteiger charge is 2.30. The third-order valence-corrected chi connectivity index (χ3v) is 8.53. The lowest BCUT2D eigenvalue weighted by Crippen LogP contribution is -2.13. The van der Waals surface area contributed by atoms with Crippen molar-refractivity contribution >= 4 is 29.1 Å². The first kappa shape index (κ1) is 27.7. The van der Waals surface area contributed by atoms with E-state index < -0.39 is 17.7 Å². The fourth-order valence-electron chi connectivity index (χ4n) is 3.87. The van der Waals surface area contributed by atoms with Crippen LogP contribution >= 0.6 is 23.1 Å². The molecule has 9 heteroatoms. The molecule has 4 rings (SSSR count). The summed E-state index contributed by atoms with van der Waals surface area (Å²) in [5, 5.41) is 0.715. The topological polar surface area (TPSA) is 48.4 Å². The number of esters is 1. The zero-order valence-electron chi connectivity index (χ0n) is 21.0. The lowest BCUT2D eigenvalue weighted by Gasteiger charge is -2.17. The maximum Gasteiger partial charge on any atom is 0.416 e. The van der Waals surface area contributed by atoms with Gasteiger partial charge in [-0.2, -0.15) is 13.2 Å². The summed E-state index contributed by atoms with van der Waals surface area (Å²) in [7, 11) is 1.32. The zero-order chi connectivity index (χ0) is 27.3. The van der Waals surface area contributed by atoms with Crippen molar-refractivity contribution in [2.45, 2.75) is 36.6 Å². The minimum atomic E-state index is -4.38. The van der Waals surface area contributed by atoms with E-state index in [9.17, 15) is 18.0 Å². The highest BCUT2D eigenvalue weighted by molar-refractivity contribution is 7.99. The standard InChI is InChI=1S/C29H26F3NO3S2/c1-18-15-23(13-14-24(18)36-17-26(34)35-3)37-25(16-20-7-5-4-6-8-20)27-19(2)33-28(38-27)21-9-11-22(12-10-21)29(30,31)32/h4-15,25H,16-17H2,1-3H3/t25-/m1/s1. The maximum absolute atomic E-state index is 13.0. The Bertz CT molecular complexity index is 1390. The molecule has 0 aliphatic heterocycles. The Morgan fingerprint density at radius 3 is 2.37 bits per heavy atom. The molecule has 0 saturated carbocycles. The van der Waals surface area contributed by atoms with Crippen molar-refractivity contribution in [3.05, 3.63) is 100 Å². The predicted molar refractivity (Wildman–Crippen MR) is 145 cm³/mol. The van der Waals surface area contributed by atoms with E-state index >= 15 is 0 Å². The molecule has 1 atom stereocenters. The molecule has 3 aromatic carbocycles. The van der Waals surface area contributed by atoms with Gasteiger partial charge in [-0.05, 0) is 61.7 Å². The number of methoxy groups -OCH3 is 1. The van der Waals surface area contributed by atoms with Crippen molar-refractivity contribution in [2.24, 2.45) is 0 Å². The minimum absolute atomic E-state index is 0.0272. The van der Waals surface area contributed by atoms with Crippen LogP contribution in [0.15, 0.2) is 77.7 Å². The number of rotatable bonds is 9. The van der Waals surface area contributed by atoms with Crippen molar-refractivity contribution in [2.75, 3.05) is 13.7 Å². The Kier molecular flexibility index (Phi) is 8.79. The number of nitrogens with zero attached hydrogens (tertiary/aromatic N) is 1. The van der Waals surface area contributed by atoms with Gasteiger partial charge in [0, 0.05) is 20.6 Å².